The number of ether oxygens (including phenoxy) is 1. The molecule has 1 rings (SSSR count). The SMILES string of the molecule is CC(C)OC1CCN(C(=O)O)CC1. The summed E-state index contributed by atoms with van der Waals surface area (Å²) in [7, 11) is 0. The van der Waals surface area contributed by atoms with Gasteiger partial charge in [0.15, 0.2) is 0 Å². The molecule has 4 nitrogen and oxygen atoms in total. The molecule has 0 aromatic heterocycles. The number of carboxylic acid groups (broad SMARTS) is 1. The van der Waals surface area contributed by atoms with Gasteiger partial charge in [0.2, 0.25) is 0 Å². The highest BCUT2D eigenvalue weighted by atomic mass is 16.5. The lowest BCUT2D eigenvalue weighted by molar-refractivity contribution is -0.0238. The van der Waals surface area contributed by atoms with E-state index in [1.165, 1.54) is 4.90 Å². The van der Waals surface area contributed by atoms with Crippen LogP contribution in [0.15, 0.2) is 0 Å². The molecule has 1 aliphatic rings. The maximum atomic E-state index is 10.6. The van der Waals surface area contributed by atoms with Crippen molar-refractivity contribution in [2.75, 3.05) is 13.1 Å². The predicted molar refractivity (Wildman–Crippen MR) is 48.8 cm³/mol. The van der Waals surface area contributed by atoms with Gasteiger partial charge >= 0.3 is 6.09 Å². The van der Waals surface area contributed by atoms with Gasteiger partial charge in [-0.1, -0.05) is 0 Å². The van der Waals surface area contributed by atoms with Crippen LogP contribution in [0.5, 0.6) is 0 Å². The Morgan fingerprint density at radius 2 is 2.00 bits per heavy atom. The Morgan fingerprint density at radius 1 is 1.46 bits per heavy atom. The molecule has 0 spiro atoms. The molecule has 4 heteroatoms. The maximum absolute atomic E-state index is 10.6. The molecule has 1 heterocycles. The Hall–Kier alpha value is -0.770. The molecule has 0 aliphatic carbocycles. The summed E-state index contributed by atoms with van der Waals surface area (Å²) in [6, 6.07) is 0. The number of carbonyl (C=O) groups is 1. The molecule has 1 saturated heterocycles. The van der Waals surface area contributed by atoms with Crippen molar-refractivity contribution in [2.45, 2.75) is 38.9 Å². The zero-order valence-corrected chi connectivity index (χ0v) is 8.19. The second-order valence-electron chi connectivity index (χ2n) is 3.65. The molecule has 1 amide bonds. The van der Waals surface area contributed by atoms with Gasteiger partial charge in [0, 0.05) is 13.1 Å². The lowest BCUT2D eigenvalue weighted by Gasteiger charge is -2.30. The summed E-state index contributed by atoms with van der Waals surface area (Å²) >= 11 is 0. The van der Waals surface area contributed by atoms with Crippen LogP contribution in [-0.2, 0) is 4.74 Å². The third kappa shape index (κ3) is 3.22. The van der Waals surface area contributed by atoms with Gasteiger partial charge in [-0.2, -0.15) is 0 Å². The monoisotopic (exact) mass is 187 g/mol. The van der Waals surface area contributed by atoms with E-state index in [-0.39, 0.29) is 12.2 Å². The van der Waals surface area contributed by atoms with Crippen molar-refractivity contribution >= 4 is 6.09 Å². The number of likely N-dealkylation sites (tertiary alicyclic amines) is 1. The maximum Gasteiger partial charge on any atom is 0.407 e. The highest BCUT2D eigenvalue weighted by molar-refractivity contribution is 5.64. The Balaban J connectivity index is 2.26. The molecule has 0 saturated carbocycles. The van der Waals surface area contributed by atoms with Gasteiger partial charge in [-0.05, 0) is 26.7 Å². The van der Waals surface area contributed by atoms with E-state index in [2.05, 4.69) is 0 Å². The Morgan fingerprint density at radius 3 is 2.38 bits per heavy atom. The van der Waals surface area contributed by atoms with Gasteiger partial charge in [-0.15, -0.1) is 0 Å². The Labute approximate surface area is 78.5 Å². The van der Waals surface area contributed by atoms with E-state index >= 15 is 0 Å². The smallest absolute Gasteiger partial charge is 0.407 e. The van der Waals surface area contributed by atoms with E-state index in [4.69, 9.17) is 9.84 Å². The van der Waals surface area contributed by atoms with Crippen LogP contribution in [0.3, 0.4) is 0 Å². The summed E-state index contributed by atoms with van der Waals surface area (Å²) in [4.78, 5) is 12.0. The summed E-state index contributed by atoms with van der Waals surface area (Å²) in [5, 5.41) is 8.69. The van der Waals surface area contributed by atoms with Crippen molar-refractivity contribution in [1.82, 2.24) is 4.90 Å². The van der Waals surface area contributed by atoms with Crippen molar-refractivity contribution in [1.29, 1.82) is 0 Å². The molecule has 0 atom stereocenters. The molecule has 1 fully saturated rings. The molecule has 13 heavy (non-hydrogen) atoms. The molecule has 0 unspecified atom stereocenters. The van der Waals surface area contributed by atoms with Gasteiger partial charge in [0.25, 0.3) is 0 Å². The standard InChI is InChI=1S/C9H17NO3/c1-7(2)13-8-3-5-10(6-4-8)9(11)12/h7-8H,3-6H2,1-2H3,(H,11,12). The highest BCUT2D eigenvalue weighted by Gasteiger charge is 2.22. The van der Waals surface area contributed by atoms with E-state index < -0.39 is 6.09 Å². The quantitative estimate of drug-likeness (QED) is 0.713. The number of amides is 1. The number of piperidine rings is 1. The number of hydrogen-bond donors (Lipinski definition) is 1. The molecule has 0 bridgehead atoms. The molecular weight excluding hydrogens is 170 g/mol. The first-order chi connectivity index (χ1) is 6.09. The second-order valence-corrected chi connectivity index (χ2v) is 3.65. The normalized spacial score (nSPS) is 19.5. The first kappa shape index (κ1) is 10.3. The van der Waals surface area contributed by atoms with Gasteiger partial charge in [0.05, 0.1) is 12.2 Å². The fourth-order valence-electron chi connectivity index (χ4n) is 1.57. The van der Waals surface area contributed by atoms with Crippen LogP contribution in [0.25, 0.3) is 0 Å². The third-order valence-corrected chi connectivity index (χ3v) is 2.18. The minimum Gasteiger partial charge on any atom is -0.465 e. The lowest BCUT2D eigenvalue weighted by Crippen LogP contribution is -2.40. The predicted octanol–water partition coefficient (Wildman–Crippen LogP) is 1.55. The van der Waals surface area contributed by atoms with E-state index in [0.29, 0.717) is 13.1 Å². The molecule has 1 aliphatic heterocycles. The number of rotatable bonds is 2. The third-order valence-electron chi connectivity index (χ3n) is 2.18. The van der Waals surface area contributed by atoms with Crippen LogP contribution in [0.2, 0.25) is 0 Å². The van der Waals surface area contributed by atoms with Crippen molar-refractivity contribution in [3.63, 3.8) is 0 Å². The van der Waals surface area contributed by atoms with Crippen LogP contribution < -0.4 is 0 Å². The molecule has 0 radical (unpaired) electrons. The molecule has 1 N–H and O–H groups in total. The summed E-state index contributed by atoms with van der Waals surface area (Å²) in [6.45, 7) is 5.21. The number of hydrogen-bond acceptors (Lipinski definition) is 2. The van der Waals surface area contributed by atoms with Gasteiger partial charge in [0.1, 0.15) is 0 Å². The fraction of sp³-hybridized carbons (Fsp3) is 0.889. The summed E-state index contributed by atoms with van der Waals surface area (Å²) < 4.78 is 5.60. The van der Waals surface area contributed by atoms with Crippen LogP contribution >= 0.6 is 0 Å². The van der Waals surface area contributed by atoms with Crippen molar-refractivity contribution in [2.24, 2.45) is 0 Å². The van der Waals surface area contributed by atoms with E-state index in [1.807, 2.05) is 13.8 Å². The average molecular weight is 187 g/mol. The first-order valence-corrected chi connectivity index (χ1v) is 4.73. The minimum atomic E-state index is -0.817. The molecule has 0 aromatic carbocycles. The zero-order valence-electron chi connectivity index (χ0n) is 8.19. The van der Waals surface area contributed by atoms with Crippen LogP contribution in [0, 0.1) is 0 Å². The summed E-state index contributed by atoms with van der Waals surface area (Å²) in [5.74, 6) is 0. The highest BCUT2D eigenvalue weighted by Crippen LogP contribution is 2.14. The minimum absolute atomic E-state index is 0.237. The van der Waals surface area contributed by atoms with Gasteiger partial charge in [-0.25, -0.2) is 4.79 Å². The number of nitrogens with zero attached hydrogens (tertiary/aromatic N) is 1. The Bertz CT molecular complexity index is 174. The molecule has 0 aromatic rings. The zero-order chi connectivity index (χ0) is 9.84. The van der Waals surface area contributed by atoms with Gasteiger partial charge in [-0.3, -0.25) is 0 Å². The van der Waals surface area contributed by atoms with E-state index in [9.17, 15) is 4.79 Å². The Kier molecular flexibility index (Phi) is 3.54. The van der Waals surface area contributed by atoms with Crippen molar-refractivity contribution in [3.8, 4) is 0 Å². The summed E-state index contributed by atoms with van der Waals surface area (Å²) in [5.41, 5.74) is 0. The molecular formula is C9H17NO3. The summed E-state index contributed by atoms with van der Waals surface area (Å²) in [6.07, 6.45) is 1.31. The van der Waals surface area contributed by atoms with E-state index in [1.54, 1.807) is 0 Å². The molecule has 76 valence electrons. The lowest BCUT2D eigenvalue weighted by atomic mass is 10.1. The average Bonchev–Trinajstić information content (AvgIpc) is 2.04. The largest absolute Gasteiger partial charge is 0.465 e. The van der Waals surface area contributed by atoms with Crippen molar-refractivity contribution < 1.29 is 14.6 Å². The van der Waals surface area contributed by atoms with Gasteiger partial charge < -0.3 is 14.7 Å². The topological polar surface area (TPSA) is 49.8 Å². The van der Waals surface area contributed by atoms with Crippen LogP contribution in [-0.4, -0.2) is 41.4 Å². The van der Waals surface area contributed by atoms with Crippen LogP contribution in [0.1, 0.15) is 26.7 Å². The van der Waals surface area contributed by atoms with E-state index in [0.717, 1.165) is 12.8 Å². The van der Waals surface area contributed by atoms with Crippen LogP contribution in [0.4, 0.5) is 4.79 Å². The van der Waals surface area contributed by atoms with Crippen molar-refractivity contribution in [3.05, 3.63) is 0 Å². The fourth-order valence-corrected chi connectivity index (χ4v) is 1.57. The first-order valence-electron chi connectivity index (χ1n) is 4.73. The second kappa shape index (κ2) is 4.46.